The number of ether oxygens (including phenoxy) is 3. The van der Waals surface area contributed by atoms with E-state index in [4.69, 9.17) is 14.2 Å². The molecule has 1 aliphatic heterocycles. The topological polar surface area (TPSA) is 48.0 Å². The fraction of sp³-hybridized carbons (Fsp3) is 0.588. The number of nitrogens with zero attached hydrogens (tertiary/aromatic N) is 1. The van der Waals surface area contributed by atoms with Gasteiger partial charge in [-0.25, -0.2) is 4.39 Å². The van der Waals surface area contributed by atoms with E-state index in [1.165, 1.54) is 6.07 Å². The van der Waals surface area contributed by atoms with Gasteiger partial charge in [-0.2, -0.15) is 0 Å². The van der Waals surface area contributed by atoms with Crippen LogP contribution in [-0.2, 0) is 19.0 Å². The normalized spacial score (nSPS) is 16.2. The van der Waals surface area contributed by atoms with Crippen molar-refractivity contribution >= 4 is 11.7 Å². The number of halogens is 1. The summed E-state index contributed by atoms with van der Waals surface area (Å²) in [6.45, 7) is 4.83. The van der Waals surface area contributed by atoms with E-state index in [0.29, 0.717) is 44.9 Å². The van der Waals surface area contributed by atoms with Crippen molar-refractivity contribution in [2.75, 3.05) is 44.9 Å². The number of methoxy groups -OCH3 is 1. The molecule has 0 radical (unpaired) electrons. The molecule has 0 bridgehead atoms. The van der Waals surface area contributed by atoms with Crippen LogP contribution < -0.4 is 4.90 Å². The highest BCUT2D eigenvalue weighted by molar-refractivity contribution is 5.70. The highest BCUT2D eigenvalue weighted by atomic mass is 19.1. The molecule has 0 aliphatic carbocycles. The van der Waals surface area contributed by atoms with Crippen LogP contribution in [0.15, 0.2) is 18.2 Å². The van der Waals surface area contributed by atoms with E-state index in [1.807, 2.05) is 6.07 Å². The number of esters is 1. The molecular weight excluding hydrogens is 301 g/mol. The van der Waals surface area contributed by atoms with Gasteiger partial charge in [0.25, 0.3) is 0 Å². The van der Waals surface area contributed by atoms with Crippen molar-refractivity contribution in [1.29, 1.82) is 0 Å². The van der Waals surface area contributed by atoms with Crippen LogP contribution in [0.4, 0.5) is 10.1 Å². The van der Waals surface area contributed by atoms with Crippen LogP contribution >= 0.6 is 0 Å². The molecule has 1 atom stereocenters. The number of rotatable bonds is 7. The summed E-state index contributed by atoms with van der Waals surface area (Å²) >= 11 is 0. The van der Waals surface area contributed by atoms with Crippen molar-refractivity contribution in [2.45, 2.75) is 25.9 Å². The molecule has 1 unspecified atom stereocenters. The zero-order chi connectivity index (χ0) is 16.7. The molecule has 128 valence electrons. The number of morpholine rings is 1. The van der Waals surface area contributed by atoms with E-state index in [0.717, 1.165) is 5.69 Å². The fourth-order valence-corrected chi connectivity index (χ4v) is 2.68. The Bertz CT molecular complexity index is 517. The van der Waals surface area contributed by atoms with Crippen LogP contribution in [0.1, 0.15) is 31.4 Å². The van der Waals surface area contributed by atoms with E-state index < -0.39 is 6.10 Å². The lowest BCUT2D eigenvalue weighted by molar-refractivity contribution is -0.149. The van der Waals surface area contributed by atoms with Gasteiger partial charge in [-0.1, -0.05) is 6.07 Å². The third-order valence-electron chi connectivity index (χ3n) is 3.83. The van der Waals surface area contributed by atoms with Crippen LogP contribution in [0, 0.1) is 5.82 Å². The molecule has 0 amide bonds. The van der Waals surface area contributed by atoms with Gasteiger partial charge in [-0.3, -0.25) is 4.79 Å². The molecule has 1 aliphatic rings. The molecule has 1 aromatic rings. The molecule has 1 saturated heterocycles. The third kappa shape index (κ3) is 4.91. The summed E-state index contributed by atoms with van der Waals surface area (Å²) in [7, 11) is 1.59. The lowest BCUT2D eigenvalue weighted by atomic mass is 10.1. The largest absolute Gasteiger partial charge is 0.458 e. The zero-order valence-corrected chi connectivity index (χ0v) is 13.7. The molecule has 0 N–H and O–H groups in total. The van der Waals surface area contributed by atoms with E-state index in [2.05, 4.69) is 4.90 Å². The second-order valence-electron chi connectivity index (χ2n) is 5.50. The number of hydrogen-bond acceptors (Lipinski definition) is 5. The Labute approximate surface area is 136 Å². The number of benzene rings is 1. The van der Waals surface area contributed by atoms with Gasteiger partial charge in [0.2, 0.25) is 0 Å². The maximum atomic E-state index is 14.3. The van der Waals surface area contributed by atoms with Crippen molar-refractivity contribution in [3.63, 3.8) is 0 Å². The Morgan fingerprint density at radius 2 is 2.13 bits per heavy atom. The first kappa shape index (κ1) is 17.7. The van der Waals surface area contributed by atoms with Gasteiger partial charge < -0.3 is 19.1 Å². The lowest BCUT2D eigenvalue weighted by Gasteiger charge is -2.31. The minimum atomic E-state index is -0.635. The van der Waals surface area contributed by atoms with Gasteiger partial charge in [0, 0.05) is 38.9 Å². The molecule has 5 nitrogen and oxygen atoms in total. The zero-order valence-electron chi connectivity index (χ0n) is 13.7. The van der Waals surface area contributed by atoms with Gasteiger partial charge in [-0.15, -0.1) is 0 Å². The summed E-state index contributed by atoms with van der Waals surface area (Å²) in [6, 6.07) is 4.93. The predicted molar refractivity (Wildman–Crippen MR) is 85.0 cm³/mol. The van der Waals surface area contributed by atoms with Crippen molar-refractivity contribution < 1.29 is 23.4 Å². The molecule has 2 rings (SSSR count). The average molecular weight is 325 g/mol. The van der Waals surface area contributed by atoms with Gasteiger partial charge in [0.15, 0.2) is 0 Å². The number of carbonyl (C=O) groups is 1. The SMILES string of the molecule is COCCCC(=O)OC(C)c1c(F)cccc1N1CCOCC1. The third-order valence-corrected chi connectivity index (χ3v) is 3.83. The highest BCUT2D eigenvalue weighted by Crippen LogP contribution is 2.31. The Balaban J connectivity index is 2.09. The molecule has 1 aromatic carbocycles. The molecule has 1 heterocycles. The van der Waals surface area contributed by atoms with Gasteiger partial charge >= 0.3 is 5.97 Å². The molecule has 6 heteroatoms. The fourth-order valence-electron chi connectivity index (χ4n) is 2.68. The predicted octanol–water partition coefficient (Wildman–Crippen LogP) is 2.69. The maximum Gasteiger partial charge on any atom is 0.306 e. The average Bonchev–Trinajstić information content (AvgIpc) is 2.55. The quantitative estimate of drug-likeness (QED) is 0.570. The van der Waals surface area contributed by atoms with Crippen LogP contribution in [0.3, 0.4) is 0 Å². The first-order valence-corrected chi connectivity index (χ1v) is 7.93. The van der Waals surface area contributed by atoms with Gasteiger partial charge in [0.05, 0.1) is 18.8 Å². The smallest absolute Gasteiger partial charge is 0.306 e. The minimum absolute atomic E-state index is 0.263. The van der Waals surface area contributed by atoms with Crippen LogP contribution in [0.25, 0.3) is 0 Å². The molecule has 0 spiro atoms. The summed E-state index contributed by atoms with van der Waals surface area (Å²) in [5.41, 5.74) is 1.19. The van der Waals surface area contributed by atoms with E-state index in [1.54, 1.807) is 20.1 Å². The number of hydrogen-bond donors (Lipinski definition) is 0. The summed E-state index contributed by atoms with van der Waals surface area (Å²) in [6.07, 6.45) is 0.221. The molecule has 0 saturated carbocycles. The van der Waals surface area contributed by atoms with Crippen molar-refractivity contribution in [2.24, 2.45) is 0 Å². The maximum absolute atomic E-state index is 14.3. The summed E-state index contributed by atoms with van der Waals surface area (Å²) in [5, 5.41) is 0. The molecule has 1 fully saturated rings. The Morgan fingerprint density at radius 3 is 2.83 bits per heavy atom. The summed E-state index contributed by atoms with van der Waals surface area (Å²) < 4.78 is 30.0. The molecule has 0 aromatic heterocycles. The van der Waals surface area contributed by atoms with E-state index in [9.17, 15) is 9.18 Å². The Kier molecular flexibility index (Phi) is 6.80. The van der Waals surface area contributed by atoms with Gasteiger partial charge in [-0.05, 0) is 25.5 Å². The van der Waals surface area contributed by atoms with Crippen molar-refractivity contribution in [3.8, 4) is 0 Å². The van der Waals surface area contributed by atoms with Gasteiger partial charge in [0.1, 0.15) is 11.9 Å². The molecular formula is C17H24FNO4. The van der Waals surface area contributed by atoms with Crippen molar-refractivity contribution in [1.82, 2.24) is 0 Å². The Morgan fingerprint density at radius 1 is 1.39 bits per heavy atom. The molecule has 23 heavy (non-hydrogen) atoms. The second kappa shape index (κ2) is 8.84. The lowest BCUT2D eigenvalue weighted by Crippen LogP contribution is -2.37. The van der Waals surface area contributed by atoms with Crippen LogP contribution in [-0.4, -0.2) is 46.0 Å². The van der Waals surface area contributed by atoms with Crippen LogP contribution in [0.5, 0.6) is 0 Å². The first-order valence-electron chi connectivity index (χ1n) is 7.93. The minimum Gasteiger partial charge on any atom is -0.458 e. The van der Waals surface area contributed by atoms with Crippen LogP contribution in [0.2, 0.25) is 0 Å². The second-order valence-corrected chi connectivity index (χ2v) is 5.50. The number of carbonyl (C=O) groups excluding carboxylic acids is 1. The summed E-state index contributed by atoms with van der Waals surface area (Å²) in [4.78, 5) is 13.9. The Hall–Kier alpha value is -1.66. The van der Waals surface area contributed by atoms with Crippen molar-refractivity contribution in [3.05, 3.63) is 29.6 Å². The first-order chi connectivity index (χ1) is 11.1. The highest BCUT2D eigenvalue weighted by Gasteiger charge is 2.23. The standard InChI is InChI=1S/C17H24FNO4/c1-13(23-16(20)7-4-10-21-2)17-14(18)5-3-6-15(17)19-8-11-22-12-9-19/h3,5-6,13H,4,7-12H2,1-2H3. The monoisotopic (exact) mass is 325 g/mol. The number of anilines is 1. The van der Waals surface area contributed by atoms with E-state index >= 15 is 0 Å². The van der Waals surface area contributed by atoms with E-state index in [-0.39, 0.29) is 18.2 Å². The summed E-state index contributed by atoms with van der Waals surface area (Å²) in [5.74, 6) is -0.697.